The second-order valence-corrected chi connectivity index (χ2v) is 9.84. The van der Waals surface area contributed by atoms with Crippen LogP contribution in [0, 0.1) is 16.7 Å². The Labute approximate surface area is 149 Å². The van der Waals surface area contributed by atoms with Crippen LogP contribution in [0.25, 0.3) is 0 Å². The van der Waals surface area contributed by atoms with Gasteiger partial charge < -0.3 is 10.6 Å². The quantitative estimate of drug-likeness (QED) is 0.702. The fourth-order valence-corrected chi connectivity index (χ4v) is 6.98. The van der Waals surface area contributed by atoms with Crippen molar-refractivity contribution in [2.24, 2.45) is 16.7 Å². The third-order valence-electron chi connectivity index (χ3n) is 6.11. The van der Waals surface area contributed by atoms with E-state index in [1.807, 2.05) is 24.3 Å². The first-order valence-electron chi connectivity index (χ1n) is 8.62. The van der Waals surface area contributed by atoms with Crippen molar-refractivity contribution in [3.8, 4) is 0 Å². The van der Waals surface area contributed by atoms with E-state index < -0.39 is 0 Å². The Balaban J connectivity index is 1.49. The Kier molecular flexibility index (Phi) is 3.48. The maximum Gasteiger partial charge on any atom is 0.171 e. The van der Waals surface area contributed by atoms with E-state index in [1.165, 1.54) is 38.5 Å². The van der Waals surface area contributed by atoms with Gasteiger partial charge in [-0.05, 0) is 91.8 Å². The highest BCUT2D eigenvalue weighted by molar-refractivity contribution is 7.80. The zero-order valence-corrected chi connectivity index (χ0v) is 15.5. The molecule has 0 spiro atoms. The topological polar surface area (TPSA) is 24.1 Å². The van der Waals surface area contributed by atoms with Gasteiger partial charge in [-0.2, -0.15) is 0 Å². The van der Waals surface area contributed by atoms with Gasteiger partial charge in [-0.3, -0.25) is 0 Å². The predicted molar refractivity (Wildman–Crippen MR) is 101 cm³/mol. The zero-order valence-electron chi connectivity index (χ0n) is 13.9. The summed E-state index contributed by atoms with van der Waals surface area (Å²) in [5.41, 5.74) is 2.18. The van der Waals surface area contributed by atoms with E-state index in [9.17, 15) is 0 Å². The first-order valence-corrected chi connectivity index (χ1v) is 9.41. The monoisotopic (exact) mass is 348 g/mol. The van der Waals surface area contributed by atoms with Gasteiger partial charge in [0.25, 0.3) is 0 Å². The van der Waals surface area contributed by atoms with Crippen LogP contribution < -0.4 is 10.6 Å². The summed E-state index contributed by atoms with van der Waals surface area (Å²) in [6, 6.07) is 7.72. The van der Waals surface area contributed by atoms with Gasteiger partial charge in [-0.25, -0.2) is 0 Å². The molecule has 0 amide bonds. The lowest BCUT2D eigenvalue weighted by Gasteiger charge is -2.65. The number of benzene rings is 1. The van der Waals surface area contributed by atoms with E-state index in [2.05, 4.69) is 24.5 Å². The number of halogens is 1. The number of rotatable bonds is 2. The number of hydrogen-bond donors (Lipinski definition) is 2. The molecule has 4 fully saturated rings. The molecule has 1 aromatic rings. The van der Waals surface area contributed by atoms with E-state index in [1.54, 1.807) is 0 Å². The Morgan fingerprint density at radius 3 is 2.22 bits per heavy atom. The molecule has 4 aliphatic carbocycles. The molecule has 0 saturated heterocycles. The molecule has 4 heteroatoms. The Morgan fingerprint density at radius 1 is 1.04 bits per heavy atom. The molecule has 2 nitrogen and oxygen atoms in total. The van der Waals surface area contributed by atoms with Crippen LogP contribution in [-0.2, 0) is 0 Å². The predicted octanol–water partition coefficient (Wildman–Crippen LogP) is 5.38. The van der Waals surface area contributed by atoms with Crippen LogP contribution in [-0.4, -0.2) is 10.7 Å². The molecule has 2 atom stereocenters. The summed E-state index contributed by atoms with van der Waals surface area (Å²) in [4.78, 5) is 0. The highest BCUT2D eigenvalue weighted by atomic mass is 35.5. The summed E-state index contributed by atoms with van der Waals surface area (Å²) in [6.07, 6.45) is 7.99. The summed E-state index contributed by atoms with van der Waals surface area (Å²) in [5, 5.41) is 8.55. The Hall–Kier alpha value is -0.800. The van der Waals surface area contributed by atoms with E-state index >= 15 is 0 Å². The lowest BCUT2D eigenvalue weighted by Crippen LogP contribution is -2.65. The van der Waals surface area contributed by atoms with Crippen molar-refractivity contribution in [3.63, 3.8) is 0 Å². The van der Waals surface area contributed by atoms with Crippen LogP contribution in [0.4, 0.5) is 5.69 Å². The molecule has 1 aromatic carbocycles. The molecule has 0 aliphatic heterocycles. The third kappa shape index (κ3) is 2.98. The fraction of sp³-hybridized carbons (Fsp3) is 0.632. The normalized spacial score (nSPS) is 40.9. The third-order valence-corrected chi connectivity index (χ3v) is 6.56. The van der Waals surface area contributed by atoms with Gasteiger partial charge in [0.05, 0.1) is 0 Å². The van der Waals surface area contributed by atoms with Gasteiger partial charge in [-0.15, -0.1) is 0 Å². The lowest BCUT2D eigenvalue weighted by atomic mass is 9.43. The van der Waals surface area contributed by atoms with E-state index in [0.717, 1.165) is 21.7 Å². The summed E-state index contributed by atoms with van der Waals surface area (Å²) in [7, 11) is 0. The first kappa shape index (κ1) is 15.7. The maximum atomic E-state index is 5.95. The average molecular weight is 349 g/mol. The summed E-state index contributed by atoms with van der Waals surface area (Å²) in [6.45, 7) is 4.98. The van der Waals surface area contributed by atoms with Crippen LogP contribution in [0.1, 0.15) is 52.4 Å². The Morgan fingerprint density at radius 2 is 1.65 bits per heavy atom. The van der Waals surface area contributed by atoms with Crippen molar-refractivity contribution in [2.75, 3.05) is 5.32 Å². The van der Waals surface area contributed by atoms with Crippen LogP contribution in [0.2, 0.25) is 5.02 Å². The molecule has 5 rings (SSSR count). The van der Waals surface area contributed by atoms with Crippen molar-refractivity contribution in [2.45, 2.75) is 57.9 Å². The van der Waals surface area contributed by atoms with Crippen molar-refractivity contribution in [3.05, 3.63) is 29.3 Å². The minimum atomic E-state index is 0.194. The fourth-order valence-electron chi connectivity index (χ4n) is 6.52. The molecule has 2 N–H and O–H groups in total. The second-order valence-electron chi connectivity index (χ2n) is 9.00. The molecule has 0 aromatic heterocycles. The number of hydrogen-bond acceptors (Lipinski definition) is 1. The van der Waals surface area contributed by atoms with Crippen LogP contribution in [0.3, 0.4) is 0 Å². The molecular weight excluding hydrogens is 324 g/mol. The molecule has 4 bridgehead atoms. The number of nitrogens with one attached hydrogen (secondary N) is 2. The smallest absolute Gasteiger partial charge is 0.171 e. The highest BCUT2D eigenvalue weighted by Crippen LogP contribution is 2.66. The lowest BCUT2D eigenvalue weighted by molar-refractivity contribution is -0.111. The van der Waals surface area contributed by atoms with Crippen molar-refractivity contribution >= 4 is 34.6 Å². The minimum absolute atomic E-state index is 0.194. The number of anilines is 1. The van der Waals surface area contributed by atoms with E-state index in [-0.39, 0.29) is 5.54 Å². The van der Waals surface area contributed by atoms with Gasteiger partial charge in [-0.1, -0.05) is 25.4 Å². The maximum absolute atomic E-state index is 5.95. The summed E-state index contributed by atoms with van der Waals surface area (Å²) in [5.74, 6) is 0.868. The van der Waals surface area contributed by atoms with Gasteiger partial charge in [0.15, 0.2) is 5.11 Å². The largest absolute Gasteiger partial charge is 0.357 e. The van der Waals surface area contributed by atoms with Gasteiger partial charge >= 0.3 is 0 Å². The zero-order chi connectivity index (χ0) is 16.3. The van der Waals surface area contributed by atoms with E-state index in [4.69, 9.17) is 23.8 Å². The molecular formula is C19H25ClN2S. The summed E-state index contributed by atoms with van der Waals surface area (Å²) < 4.78 is 0. The van der Waals surface area contributed by atoms with Crippen LogP contribution in [0.15, 0.2) is 24.3 Å². The molecule has 23 heavy (non-hydrogen) atoms. The molecule has 4 saturated carbocycles. The van der Waals surface area contributed by atoms with Crippen molar-refractivity contribution in [1.29, 1.82) is 0 Å². The molecule has 124 valence electrons. The summed E-state index contributed by atoms with van der Waals surface area (Å²) >= 11 is 11.6. The van der Waals surface area contributed by atoms with Gasteiger partial charge in [0.2, 0.25) is 0 Å². The second kappa shape index (κ2) is 5.10. The molecule has 4 aliphatic rings. The van der Waals surface area contributed by atoms with Crippen LogP contribution in [0.5, 0.6) is 0 Å². The minimum Gasteiger partial charge on any atom is -0.357 e. The first-order chi connectivity index (χ1) is 10.8. The van der Waals surface area contributed by atoms with Crippen LogP contribution >= 0.6 is 23.8 Å². The van der Waals surface area contributed by atoms with E-state index in [0.29, 0.717) is 10.8 Å². The van der Waals surface area contributed by atoms with Crippen molar-refractivity contribution in [1.82, 2.24) is 5.32 Å². The highest BCUT2D eigenvalue weighted by Gasteiger charge is 2.60. The Bertz CT molecular complexity index is 623. The molecule has 0 radical (unpaired) electrons. The molecule has 0 unspecified atom stereocenters. The SMILES string of the molecule is C[C@]12CC3CC(NC(=S)Nc4ccc(Cl)cc4)(C1)C[C@](C)(C3)C2. The van der Waals surface area contributed by atoms with Gasteiger partial charge in [0.1, 0.15) is 0 Å². The van der Waals surface area contributed by atoms with Gasteiger partial charge in [0, 0.05) is 16.2 Å². The molecule has 0 heterocycles. The average Bonchev–Trinajstić information content (AvgIpc) is 2.36. The standard InChI is InChI=1S/C19H25ClN2S/c1-17-7-13-8-18(2,10-17)12-19(9-13,11-17)22-16(23)21-15-5-3-14(20)4-6-15/h3-6,13H,7-12H2,1-2H3,(H2,21,22,23)/t13?,17-,18-,19?/m1/s1. The van der Waals surface area contributed by atoms with Crippen molar-refractivity contribution < 1.29 is 0 Å². The number of thiocarbonyl (C=S) groups is 1.